The van der Waals surface area contributed by atoms with Crippen molar-refractivity contribution in [3.8, 4) is 23.0 Å². The lowest BCUT2D eigenvalue weighted by atomic mass is 9.96. The van der Waals surface area contributed by atoms with Gasteiger partial charge >= 0.3 is 5.97 Å². The Bertz CT molecular complexity index is 1660. The molecule has 3 heterocycles. The summed E-state index contributed by atoms with van der Waals surface area (Å²) in [5.74, 6) is -0.987. The predicted molar refractivity (Wildman–Crippen MR) is 191 cm³/mol. The molecule has 0 aliphatic carbocycles. The van der Waals surface area contributed by atoms with Crippen LogP contribution in [0.25, 0.3) is 6.08 Å². The van der Waals surface area contributed by atoms with Crippen LogP contribution < -0.4 is 9.47 Å². The minimum Gasteiger partial charge on any atom is -0.504 e. The van der Waals surface area contributed by atoms with E-state index >= 15 is 0 Å². The quantitative estimate of drug-likeness (QED) is 0.0575. The van der Waals surface area contributed by atoms with Gasteiger partial charge in [0.1, 0.15) is 67.1 Å². The van der Waals surface area contributed by atoms with Crippen LogP contribution >= 0.6 is 0 Å². The number of phenols is 2. The highest BCUT2D eigenvalue weighted by Crippen LogP contribution is 2.35. The van der Waals surface area contributed by atoms with Crippen molar-refractivity contribution in [2.45, 2.75) is 98.5 Å². The molecule has 2 aromatic carbocycles. The second-order valence-corrected chi connectivity index (χ2v) is 13.6. The fraction of sp³-hybridized carbons (Fsp3) is 0.595. The Hall–Kier alpha value is -3.75. The molecule has 21 nitrogen and oxygen atoms in total. The number of methoxy groups -OCH3 is 2. The van der Waals surface area contributed by atoms with E-state index in [4.69, 9.17) is 42.6 Å². The Balaban J connectivity index is 1.42. The van der Waals surface area contributed by atoms with Gasteiger partial charge in [0.2, 0.25) is 0 Å². The van der Waals surface area contributed by atoms with Crippen molar-refractivity contribution in [1.29, 1.82) is 0 Å². The van der Waals surface area contributed by atoms with Gasteiger partial charge in [-0.25, -0.2) is 4.79 Å². The molecule has 21 heteroatoms. The zero-order chi connectivity index (χ0) is 42.3. The number of hydrogen-bond acceptors (Lipinski definition) is 21. The van der Waals surface area contributed by atoms with E-state index in [1.165, 1.54) is 50.6 Å². The van der Waals surface area contributed by atoms with E-state index in [1.807, 2.05) is 0 Å². The van der Waals surface area contributed by atoms with Crippen LogP contribution in [0.15, 0.2) is 42.5 Å². The van der Waals surface area contributed by atoms with Crippen LogP contribution in [0.3, 0.4) is 0 Å². The van der Waals surface area contributed by atoms with Crippen LogP contribution in [0.4, 0.5) is 0 Å². The van der Waals surface area contributed by atoms with Crippen LogP contribution in [0.5, 0.6) is 23.0 Å². The molecule has 3 fully saturated rings. The van der Waals surface area contributed by atoms with E-state index in [0.717, 1.165) is 6.08 Å². The van der Waals surface area contributed by atoms with Crippen molar-refractivity contribution in [3.63, 3.8) is 0 Å². The van der Waals surface area contributed by atoms with Crippen LogP contribution in [0.1, 0.15) is 11.1 Å². The van der Waals surface area contributed by atoms with Crippen molar-refractivity contribution in [2.24, 2.45) is 0 Å². The summed E-state index contributed by atoms with van der Waals surface area (Å²) in [6.07, 6.45) is -24.2. The molecule has 0 amide bonds. The van der Waals surface area contributed by atoms with E-state index in [1.54, 1.807) is 6.07 Å². The summed E-state index contributed by atoms with van der Waals surface area (Å²) < 4.78 is 50.4. The number of carbonyl (C=O) groups excluding carboxylic acids is 1. The number of hydrogen-bond donors (Lipinski definition) is 11. The Morgan fingerprint density at radius 1 is 0.638 bits per heavy atom. The second-order valence-electron chi connectivity index (χ2n) is 13.6. The van der Waals surface area contributed by atoms with Crippen molar-refractivity contribution < 1.29 is 104 Å². The molecule has 0 aromatic heterocycles. The van der Waals surface area contributed by atoms with Gasteiger partial charge in [-0.15, -0.1) is 0 Å². The minimum atomic E-state index is -1.99. The van der Waals surface area contributed by atoms with Crippen LogP contribution in [0.2, 0.25) is 0 Å². The maximum atomic E-state index is 13.3. The number of phenolic OH excluding ortho intramolecular Hbond substituents is 2. The number of carbonyl (C=O) groups is 1. The number of aromatic hydroxyl groups is 2. The molecule has 58 heavy (non-hydrogen) atoms. The standard InChI is InChI=1S/C37H50O21/c1-50-20-6-3-16(11-18(20)41)5-8-25(43)56-32-24(15-40)55-35(52-10-9-17-4-7-21(51-2)19(42)12-17)31(49)33(32)57-37-34(29(47)27(45)23(14-39)54-37)58-36-30(48)28(46)26(44)22(13-38)53-36/h3-8,11-12,22-24,26-42,44-49H,9-10,13-15H2,1-2H3/b8-5+/t22-,23+,24-,26+,27+,28+,29+,30-,31-,32+,33-,34-,35+,36-,37-/m0/s1. The first-order chi connectivity index (χ1) is 27.7. The maximum absolute atomic E-state index is 13.3. The molecular weight excluding hydrogens is 780 g/mol. The lowest BCUT2D eigenvalue weighted by molar-refractivity contribution is -0.389. The highest BCUT2D eigenvalue weighted by atomic mass is 16.8. The van der Waals surface area contributed by atoms with Gasteiger partial charge in [-0.2, -0.15) is 0 Å². The predicted octanol–water partition coefficient (Wildman–Crippen LogP) is -3.61. The molecule has 11 N–H and O–H groups in total. The van der Waals surface area contributed by atoms with Gasteiger partial charge in [0.25, 0.3) is 0 Å². The fourth-order valence-electron chi connectivity index (χ4n) is 6.61. The van der Waals surface area contributed by atoms with E-state index in [9.17, 15) is 61.0 Å². The molecule has 5 rings (SSSR count). The molecule has 3 aliphatic rings. The van der Waals surface area contributed by atoms with Gasteiger partial charge in [0.05, 0.1) is 40.6 Å². The summed E-state index contributed by atoms with van der Waals surface area (Å²) in [6, 6.07) is 8.91. The lowest BCUT2D eigenvalue weighted by Gasteiger charge is -2.48. The van der Waals surface area contributed by atoms with Crippen molar-refractivity contribution in [1.82, 2.24) is 0 Å². The Kier molecular flexibility index (Phi) is 16.0. The Morgan fingerprint density at radius 3 is 1.81 bits per heavy atom. The van der Waals surface area contributed by atoms with Gasteiger partial charge in [0.15, 0.2) is 48.0 Å². The second kappa shape index (κ2) is 20.5. The van der Waals surface area contributed by atoms with Crippen LogP contribution in [-0.2, 0) is 44.4 Å². The van der Waals surface area contributed by atoms with E-state index < -0.39 is 118 Å². The Labute approximate surface area is 331 Å². The number of esters is 1. The van der Waals surface area contributed by atoms with Gasteiger partial charge in [-0.1, -0.05) is 12.1 Å². The lowest BCUT2D eigenvalue weighted by Crippen LogP contribution is -2.67. The molecule has 2 aromatic rings. The first-order valence-electron chi connectivity index (χ1n) is 18.2. The summed E-state index contributed by atoms with van der Waals surface area (Å²) in [4.78, 5) is 13.3. The zero-order valence-electron chi connectivity index (χ0n) is 31.3. The smallest absolute Gasteiger partial charge is 0.331 e. The first kappa shape index (κ1) is 45.3. The molecule has 3 aliphatic heterocycles. The molecule has 0 radical (unpaired) electrons. The summed E-state index contributed by atoms with van der Waals surface area (Å²) in [7, 11) is 2.74. The molecule has 0 saturated carbocycles. The molecule has 324 valence electrons. The summed E-state index contributed by atoms with van der Waals surface area (Å²) in [5.41, 5.74) is 0.956. The molecule has 15 atom stereocenters. The SMILES string of the molecule is COc1ccc(/C=C/C(=O)O[C@H]2[C@@H](O[C@@H]3O[C@H](CO)[C@@H](O)[C@@H](O)[C@@H]3O[C@@H]3O[C@@H](CO)[C@@H](O)[C@@H](O)[C@@H]3O)[C@H](O)[C@H](OCCc3ccc(OC)c(O)c3)O[C@H]2CO)cc1O. The van der Waals surface area contributed by atoms with Crippen molar-refractivity contribution >= 4 is 12.0 Å². The minimum absolute atomic E-state index is 0.133. The van der Waals surface area contributed by atoms with Gasteiger partial charge in [-0.05, 0) is 47.9 Å². The molecule has 3 saturated heterocycles. The van der Waals surface area contributed by atoms with Crippen molar-refractivity contribution in [3.05, 3.63) is 53.6 Å². The van der Waals surface area contributed by atoms with E-state index in [-0.39, 0.29) is 36.0 Å². The number of aliphatic hydroxyl groups is 9. The average molecular weight is 831 g/mol. The summed E-state index contributed by atoms with van der Waals surface area (Å²) in [5, 5.41) is 115. The summed E-state index contributed by atoms with van der Waals surface area (Å²) >= 11 is 0. The molecule has 0 unspecified atom stereocenters. The average Bonchev–Trinajstić information content (AvgIpc) is 3.21. The third kappa shape index (κ3) is 10.3. The van der Waals surface area contributed by atoms with Crippen LogP contribution in [0, 0.1) is 0 Å². The normalized spacial score (nSPS) is 35.5. The number of benzene rings is 2. The van der Waals surface area contributed by atoms with Crippen molar-refractivity contribution in [2.75, 3.05) is 40.6 Å². The fourth-order valence-corrected chi connectivity index (χ4v) is 6.61. The maximum Gasteiger partial charge on any atom is 0.331 e. The topological polar surface area (TPSA) is 323 Å². The van der Waals surface area contributed by atoms with Gasteiger partial charge in [0, 0.05) is 6.08 Å². The van der Waals surface area contributed by atoms with E-state index in [2.05, 4.69) is 0 Å². The molecular formula is C37H50O21. The first-order valence-corrected chi connectivity index (χ1v) is 18.2. The molecule has 0 spiro atoms. The highest BCUT2D eigenvalue weighted by molar-refractivity contribution is 5.87. The van der Waals surface area contributed by atoms with Gasteiger partial charge in [-0.3, -0.25) is 0 Å². The third-order valence-corrected chi connectivity index (χ3v) is 9.83. The largest absolute Gasteiger partial charge is 0.504 e. The van der Waals surface area contributed by atoms with Gasteiger partial charge < -0.3 is 98.8 Å². The third-order valence-electron chi connectivity index (χ3n) is 9.83. The Morgan fingerprint density at radius 2 is 1.21 bits per heavy atom. The number of aliphatic hydroxyl groups excluding tert-OH is 9. The highest BCUT2D eigenvalue weighted by Gasteiger charge is 2.55. The van der Waals surface area contributed by atoms with E-state index in [0.29, 0.717) is 11.1 Å². The number of ether oxygens (including phenoxy) is 9. The zero-order valence-corrected chi connectivity index (χ0v) is 31.3. The van der Waals surface area contributed by atoms with Crippen LogP contribution in [-0.4, -0.2) is 195 Å². The number of rotatable bonds is 16. The molecule has 0 bridgehead atoms. The summed E-state index contributed by atoms with van der Waals surface area (Å²) in [6.45, 7) is -2.69. The monoisotopic (exact) mass is 830 g/mol.